The SMILES string of the molecule is CCOc1ccc(CCNC(=O)Nc2ccc(C(=O)OC)cc2)cc1OC. The largest absolute Gasteiger partial charge is 0.493 e. The van der Waals surface area contributed by atoms with Gasteiger partial charge in [0.2, 0.25) is 0 Å². The fourth-order valence-corrected chi connectivity index (χ4v) is 2.45. The highest BCUT2D eigenvalue weighted by Gasteiger charge is 2.08. The second-order valence-corrected chi connectivity index (χ2v) is 5.62. The van der Waals surface area contributed by atoms with Gasteiger partial charge in [0.15, 0.2) is 11.5 Å². The Morgan fingerprint density at radius 3 is 2.37 bits per heavy atom. The molecular formula is C20H24N2O5. The molecular weight excluding hydrogens is 348 g/mol. The second-order valence-electron chi connectivity index (χ2n) is 5.62. The quantitative estimate of drug-likeness (QED) is 0.695. The lowest BCUT2D eigenvalue weighted by Crippen LogP contribution is -2.30. The summed E-state index contributed by atoms with van der Waals surface area (Å²) in [7, 11) is 2.92. The first kappa shape index (κ1) is 20.1. The van der Waals surface area contributed by atoms with E-state index >= 15 is 0 Å². The third-order valence-electron chi connectivity index (χ3n) is 3.79. The van der Waals surface area contributed by atoms with Gasteiger partial charge in [-0.05, 0) is 55.3 Å². The van der Waals surface area contributed by atoms with E-state index in [1.165, 1.54) is 7.11 Å². The fraction of sp³-hybridized carbons (Fsp3) is 0.300. The van der Waals surface area contributed by atoms with Crippen LogP contribution in [0.4, 0.5) is 10.5 Å². The van der Waals surface area contributed by atoms with Crippen LogP contribution in [-0.4, -0.2) is 39.4 Å². The third-order valence-corrected chi connectivity index (χ3v) is 3.79. The van der Waals surface area contributed by atoms with Gasteiger partial charge in [0.1, 0.15) is 0 Å². The van der Waals surface area contributed by atoms with Crippen molar-refractivity contribution in [2.45, 2.75) is 13.3 Å². The topological polar surface area (TPSA) is 85.9 Å². The van der Waals surface area contributed by atoms with E-state index in [4.69, 9.17) is 9.47 Å². The average molecular weight is 372 g/mol. The Labute approximate surface area is 158 Å². The van der Waals surface area contributed by atoms with Gasteiger partial charge in [0.25, 0.3) is 0 Å². The molecule has 0 heterocycles. The molecule has 0 fully saturated rings. The number of rotatable bonds is 8. The molecule has 0 aromatic heterocycles. The van der Waals surface area contributed by atoms with Crippen molar-refractivity contribution in [1.29, 1.82) is 0 Å². The van der Waals surface area contributed by atoms with Crippen molar-refractivity contribution in [3.05, 3.63) is 53.6 Å². The minimum Gasteiger partial charge on any atom is -0.493 e. The fourth-order valence-electron chi connectivity index (χ4n) is 2.45. The Kier molecular flexibility index (Phi) is 7.49. The Hall–Kier alpha value is -3.22. The molecule has 7 nitrogen and oxygen atoms in total. The molecule has 0 bridgehead atoms. The van der Waals surface area contributed by atoms with Crippen molar-refractivity contribution in [1.82, 2.24) is 5.32 Å². The highest BCUT2D eigenvalue weighted by atomic mass is 16.5. The predicted octanol–water partition coefficient (Wildman–Crippen LogP) is 3.24. The normalized spacial score (nSPS) is 10.0. The maximum Gasteiger partial charge on any atom is 0.337 e. The van der Waals surface area contributed by atoms with Gasteiger partial charge in [-0.15, -0.1) is 0 Å². The molecule has 0 atom stereocenters. The van der Waals surface area contributed by atoms with Crippen LogP contribution in [-0.2, 0) is 11.2 Å². The number of urea groups is 1. The summed E-state index contributed by atoms with van der Waals surface area (Å²) in [5.74, 6) is 0.950. The Morgan fingerprint density at radius 2 is 1.74 bits per heavy atom. The molecule has 0 radical (unpaired) electrons. The van der Waals surface area contributed by atoms with Crippen LogP contribution in [0.3, 0.4) is 0 Å². The summed E-state index contributed by atoms with van der Waals surface area (Å²) >= 11 is 0. The molecule has 2 aromatic rings. The molecule has 0 aliphatic rings. The smallest absolute Gasteiger partial charge is 0.337 e. The van der Waals surface area contributed by atoms with Gasteiger partial charge in [-0.1, -0.05) is 6.07 Å². The highest BCUT2D eigenvalue weighted by molar-refractivity contribution is 5.92. The average Bonchev–Trinajstić information content (AvgIpc) is 2.69. The number of anilines is 1. The maximum absolute atomic E-state index is 12.0. The number of nitrogens with one attached hydrogen (secondary N) is 2. The number of benzene rings is 2. The summed E-state index contributed by atoms with van der Waals surface area (Å²) in [6.45, 7) is 2.94. The summed E-state index contributed by atoms with van der Waals surface area (Å²) in [4.78, 5) is 23.4. The van der Waals surface area contributed by atoms with Crippen LogP contribution >= 0.6 is 0 Å². The number of ether oxygens (including phenoxy) is 3. The maximum atomic E-state index is 12.0. The Morgan fingerprint density at radius 1 is 1.00 bits per heavy atom. The molecule has 0 saturated carbocycles. The lowest BCUT2D eigenvalue weighted by molar-refractivity contribution is 0.0600. The van der Waals surface area contributed by atoms with Gasteiger partial charge in [-0.2, -0.15) is 0 Å². The molecule has 7 heteroatoms. The molecule has 0 aliphatic carbocycles. The molecule has 0 spiro atoms. The summed E-state index contributed by atoms with van der Waals surface area (Å²) in [6.07, 6.45) is 0.650. The molecule has 0 saturated heterocycles. The highest BCUT2D eigenvalue weighted by Crippen LogP contribution is 2.28. The molecule has 0 unspecified atom stereocenters. The number of carbonyl (C=O) groups is 2. The van der Waals surface area contributed by atoms with Crippen molar-refractivity contribution < 1.29 is 23.8 Å². The van der Waals surface area contributed by atoms with Crippen molar-refractivity contribution in [3.8, 4) is 11.5 Å². The minimum absolute atomic E-state index is 0.321. The molecule has 2 aromatic carbocycles. The van der Waals surface area contributed by atoms with Gasteiger partial charge in [-0.25, -0.2) is 9.59 Å². The van der Waals surface area contributed by atoms with Gasteiger partial charge in [0.05, 0.1) is 26.4 Å². The van der Waals surface area contributed by atoms with E-state index in [0.717, 1.165) is 5.56 Å². The number of amides is 2. The number of esters is 1. The van der Waals surface area contributed by atoms with Gasteiger partial charge < -0.3 is 24.8 Å². The minimum atomic E-state index is -0.420. The number of carbonyl (C=O) groups excluding carboxylic acids is 2. The van der Waals surface area contributed by atoms with E-state index in [1.54, 1.807) is 31.4 Å². The lowest BCUT2D eigenvalue weighted by Gasteiger charge is -2.12. The summed E-state index contributed by atoms with van der Waals surface area (Å²) < 4.78 is 15.4. The predicted molar refractivity (Wildman–Crippen MR) is 103 cm³/mol. The van der Waals surface area contributed by atoms with Crippen molar-refractivity contribution in [2.24, 2.45) is 0 Å². The van der Waals surface area contributed by atoms with Crippen LogP contribution < -0.4 is 20.1 Å². The Balaban J connectivity index is 1.83. The van der Waals surface area contributed by atoms with Crippen LogP contribution in [0.1, 0.15) is 22.8 Å². The van der Waals surface area contributed by atoms with Gasteiger partial charge >= 0.3 is 12.0 Å². The number of hydrogen-bond acceptors (Lipinski definition) is 5. The zero-order valence-electron chi connectivity index (χ0n) is 15.7. The van der Waals surface area contributed by atoms with Gasteiger partial charge in [0, 0.05) is 12.2 Å². The zero-order chi connectivity index (χ0) is 19.6. The first-order valence-electron chi connectivity index (χ1n) is 8.60. The van der Waals surface area contributed by atoms with Crippen LogP contribution in [0, 0.1) is 0 Å². The van der Waals surface area contributed by atoms with Crippen LogP contribution in [0.2, 0.25) is 0 Å². The van der Waals surface area contributed by atoms with E-state index in [2.05, 4.69) is 15.4 Å². The van der Waals surface area contributed by atoms with Crippen LogP contribution in [0.15, 0.2) is 42.5 Å². The second kappa shape index (κ2) is 10.1. The van der Waals surface area contributed by atoms with E-state index in [0.29, 0.717) is 42.3 Å². The summed E-state index contributed by atoms with van der Waals surface area (Å²) in [5, 5.41) is 5.51. The lowest BCUT2D eigenvalue weighted by atomic mass is 10.1. The van der Waals surface area contributed by atoms with Crippen molar-refractivity contribution >= 4 is 17.7 Å². The summed E-state index contributed by atoms with van der Waals surface area (Å²) in [5.41, 5.74) is 2.04. The first-order valence-corrected chi connectivity index (χ1v) is 8.60. The molecule has 27 heavy (non-hydrogen) atoms. The summed E-state index contributed by atoms with van der Waals surface area (Å²) in [6, 6.07) is 11.8. The van der Waals surface area contributed by atoms with Crippen LogP contribution in [0.25, 0.3) is 0 Å². The molecule has 0 aliphatic heterocycles. The third kappa shape index (κ3) is 5.91. The van der Waals surface area contributed by atoms with Gasteiger partial charge in [-0.3, -0.25) is 0 Å². The van der Waals surface area contributed by atoms with Crippen LogP contribution in [0.5, 0.6) is 11.5 Å². The molecule has 2 amide bonds. The van der Waals surface area contributed by atoms with E-state index < -0.39 is 5.97 Å². The number of methoxy groups -OCH3 is 2. The zero-order valence-corrected chi connectivity index (χ0v) is 15.7. The standard InChI is InChI=1S/C20H24N2O5/c1-4-27-17-10-5-14(13-18(17)25-2)11-12-21-20(24)22-16-8-6-15(7-9-16)19(23)26-3/h5-10,13H,4,11-12H2,1-3H3,(H2,21,22,24). The number of hydrogen-bond donors (Lipinski definition) is 2. The Bertz CT molecular complexity index is 774. The molecule has 144 valence electrons. The van der Waals surface area contributed by atoms with Crippen molar-refractivity contribution in [2.75, 3.05) is 32.7 Å². The first-order chi connectivity index (χ1) is 13.1. The van der Waals surface area contributed by atoms with E-state index in [-0.39, 0.29) is 6.03 Å². The van der Waals surface area contributed by atoms with E-state index in [1.807, 2.05) is 25.1 Å². The molecule has 2 N–H and O–H groups in total. The van der Waals surface area contributed by atoms with E-state index in [9.17, 15) is 9.59 Å². The monoisotopic (exact) mass is 372 g/mol. The van der Waals surface area contributed by atoms with Crippen molar-refractivity contribution in [3.63, 3.8) is 0 Å². The molecule has 2 rings (SSSR count).